The molecule has 0 unspecified atom stereocenters. The van der Waals surface area contributed by atoms with Crippen molar-refractivity contribution < 1.29 is 4.79 Å². The van der Waals surface area contributed by atoms with E-state index in [-0.39, 0.29) is 5.91 Å². The molecule has 0 atom stereocenters. The van der Waals surface area contributed by atoms with Crippen LogP contribution in [0.2, 0.25) is 5.02 Å². The second-order valence-corrected chi connectivity index (χ2v) is 5.50. The highest BCUT2D eigenvalue weighted by molar-refractivity contribution is 6.30. The lowest BCUT2D eigenvalue weighted by Gasteiger charge is -2.14. The molecular weight excluding hydrogens is 286 g/mol. The van der Waals surface area contributed by atoms with Gasteiger partial charge in [-0.15, -0.1) is 0 Å². The van der Waals surface area contributed by atoms with Crippen LogP contribution in [0.15, 0.2) is 42.6 Å². The number of likely N-dealkylation sites (tertiary alicyclic amines) is 1. The van der Waals surface area contributed by atoms with E-state index in [9.17, 15) is 4.79 Å². The maximum absolute atomic E-state index is 12.2. The fraction of sp³-hybridized carbons (Fsp3) is 0.250. The molecular formula is C16H16ClN3O. The summed E-state index contributed by atoms with van der Waals surface area (Å²) in [6, 6.07) is 11.1. The minimum absolute atomic E-state index is 0.0190. The first-order chi connectivity index (χ1) is 10.2. The van der Waals surface area contributed by atoms with Crippen molar-refractivity contribution in [2.45, 2.75) is 12.8 Å². The van der Waals surface area contributed by atoms with Gasteiger partial charge in [-0.25, -0.2) is 4.98 Å². The Kier molecular flexibility index (Phi) is 4.06. The van der Waals surface area contributed by atoms with Gasteiger partial charge < -0.3 is 10.2 Å². The summed E-state index contributed by atoms with van der Waals surface area (Å²) >= 11 is 5.85. The summed E-state index contributed by atoms with van der Waals surface area (Å²) in [5, 5.41) is 3.92. The number of hydrogen-bond acceptors (Lipinski definition) is 3. The third kappa shape index (κ3) is 3.34. The minimum atomic E-state index is 0.0190. The first kappa shape index (κ1) is 13.9. The number of aromatic nitrogens is 1. The molecule has 3 rings (SSSR count). The first-order valence-electron chi connectivity index (χ1n) is 7.00. The van der Waals surface area contributed by atoms with Gasteiger partial charge >= 0.3 is 0 Å². The van der Waals surface area contributed by atoms with E-state index in [1.165, 1.54) is 0 Å². The lowest BCUT2D eigenvalue weighted by atomic mass is 10.2. The van der Waals surface area contributed by atoms with Crippen molar-refractivity contribution in [2.75, 3.05) is 18.4 Å². The van der Waals surface area contributed by atoms with Crippen molar-refractivity contribution in [1.29, 1.82) is 0 Å². The molecule has 4 nitrogen and oxygen atoms in total. The number of halogens is 1. The second-order valence-electron chi connectivity index (χ2n) is 5.06. The average molecular weight is 302 g/mol. The van der Waals surface area contributed by atoms with E-state index < -0.39 is 0 Å². The number of anilines is 2. The Bertz CT molecular complexity index is 619. The van der Waals surface area contributed by atoms with Gasteiger partial charge in [-0.2, -0.15) is 0 Å². The molecule has 0 spiro atoms. The molecule has 1 saturated heterocycles. The molecule has 1 aromatic carbocycles. The van der Waals surface area contributed by atoms with Gasteiger partial charge in [0, 0.05) is 23.8 Å². The van der Waals surface area contributed by atoms with Gasteiger partial charge in [0.25, 0.3) is 5.91 Å². The molecule has 21 heavy (non-hydrogen) atoms. The van der Waals surface area contributed by atoms with Gasteiger partial charge in [0.15, 0.2) is 0 Å². The Morgan fingerprint density at radius 2 is 1.71 bits per heavy atom. The summed E-state index contributed by atoms with van der Waals surface area (Å²) in [7, 11) is 0. The third-order valence-electron chi connectivity index (χ3n) is 3.51. The maximum atomic E-state index is 12.2. The van der Waals surface area contributed by atoms with Gasteiger partial charge in [0.05, 0.1) is 11.9 Å². The number of hydrogen-bond donors (Lipinski definition) is 1. The summed E-state index contributed by atoms with van der Waals surface area (Å²) in [6.07, 6.45) is 3.85. The van der Waals surface area contributed by atoms with Crippen LogP contribution in [0.25, 0.3) is 0 Å². The molecule has 2 aromatic rings. The maximum Gasteiger partial charge on any atom is 0.272 e. The summed E-state index contributed by atoms with van der Waals surface area (Å²) in [4.78, 5) is 18.3. The van der Waals surface area contributed by atoms with Crippen molar-refractivity contribution in [1.82, 2.24) is 9.88 Å². The predicted octanol–water partition coefficient (Wildman–Crippen LogP) is 3.71. The summed E-state index contributed by atoms with van der Waals surface area (Å²) in [5.41, 5.74) is 2.27. The van der Waals surface area contributed by atoms with Crippen LogP contribution in [-0.4, -0.2) is 28.9 Å². The zero-order chi connectivity index (χ0) is 14.7. The molecule has 1 amide bonds. The van der Waals surface area contributed by atoms with Crippen LogP contribution in [0, 0.1) is 0 Å². The van der Waals surface area contributed by atoms with Gasteiger partial charge in [-0.1, -0.05) is 11.6 Å². The van der Waals surface area contributed by atoms with Crippen molar-refractivity contribution in [3.05, 3.63) is 53.3 Å². The van der Waals surface area contributed by atoms with Crippen LogP contribution in [0.5, 0.6) is 0 Å². The monoisotopic (exact) mass is 301 g/mol. The van der Waals surface area contributed by atoms with E-state index in [1.807, 2.05) is 35.2 Å². The molecule has 0 radical (unpaired) electrons. The topological polar surface area (TPSA) is 45.2 Å². The first-order valence-corrected chi connectivity index (χ1v) is 7.38. The third-order valence-corrected chi connectivity index (χ3v) is 3.76. The van der Waals surface area contributed by atoms with Crippen molar-refractivity contribution in [3.8, 4) is 0 Å². The lowest BCUT2D eigenvalue weighted by molar-refractivity contribution is 0.0787. The fourth-order valence-corrected chi connectivity index (χ4v) is 2.50. The molecule has 0 saturated carbocycles. The van der Waals surface area contributed by atoms with Gasteiger partial charge in [-0.05, 0) is 49.2 Å². The molecule has 1 aliphatic heterocycles. The number of pyridine rings is 1. The van der Waals surface area contributed by atoms with Crippen LogP contribution in [0.3, 0.4) is 0 Å². The van der Waals surface area contributed by atoms with Crippen LogP contribution < -0.4 is 5.32 Å². The number of carbonyl (C=O) groups excluding carboxylic acids is 1. The van der Waals surface area contributed by atoms with E-state index >= 15 is 0 Å². The minimum Gasteiger partial charge on any atom is -0.354 e. The molecule has 2 heterocycles. The Morgan fingerprint density at radius 3 is 2.33 bits per heavy atom. The molecule has 1 aliphatic rings. The smallest absolute Gasteiger partial charge is 0.272 e. The number of carbonyl (C=O) groups is 1. The van der Waals surface area contributed by atoms with Crippen LogP contribution in [0.4, 0.5) is 11.4 Å². The van der Waals surface area contributed by atoms with Crippen LogP contribution in [-0.2, 0) is 0 Å². The second kappa shape index (κ2) is 6.14. The van der Waals surface area contributed by atoms with Crippen molar-refractivity contribution in [2.24, 2.45) is 0 Å². The highest BCUT2D eigenvalue weighted by atomic mass is 35.5. The zero-order valence-electron chi connectivity index (χ0n) is 11.6. The largest absolute Gasteiger partial charge is 0.354 e. The highest BCUT2D eigenvalue weighted by Crippen LogP contribution is 2.19. The molecule has 1 aromatic heterocycles. The van der Waals surface area contributed by atoms with Crippen molar-refractivity contribution >= 4 is 28.9 Å². The number of nitrogens with one attached hydrogen (secondary N) is 1. The number of benzene rings is 1. The predicted molar refractivity (Wildman–Crippen MR) is 84.1 cm³/mol. The van der Waals surface area contributed by atoms with E-state index in [2.05, 4.69) is 10.3 Å². The van der Waals surface area contributed by atoms with E-state index in [4.69, 9.17) is 11.6 Å². The van der Waals surface area contributed by atoms with Crippen LogP contribution >= 0.6 is 11.6 Å². The Labute approximate surface area is 128 Å². The van der Waals surface area contributed by atoms with E-state index in [1.54, 1.807) is 12.3 Å². The Morgan fingerprint density at radius 1 is 1.05 bits per heavy atom. The van der Waals surface area contributed by atoms with E-state index in [0.29, 0.717) is 10.7 Å². The quantitative estimate of drug-likeness (QED) is 0.940. The highest BCUT2D eigenvalue weighted by Gasteiger charge is 2.20. The van der Waals surface area contributed by atoms with Gasteiger partial charge in [0.2, 0.25) is 0 Å². The Balaban J connectivity index is 1.68. The zero-order valence-corrected chi connectivity index (χ0v) is 12.3. The van der Waals surface area contributed by atoms with Crippen LogP contribution in [0.1, 0.15) is 23.3 Å². The molecule has 0 bridgehead atoms. The summed E-state index contributed by atoms with van der Waals surface area (Å²) in [6.45, 7) is 1.68. The standard InChI is InChI=1S/C16H16ClN3O/c17-12-3-5-13(6-4-12)19-14-7-8-15(18-11-14)16(21)20-9-1-2-10-20/h3-8,11,19H,1-2,9-10H2. The van der Waals surface area contributed by atoms with Gasteiger partial charge in [0.1, 0.15) is 5.69 Å². The molecule has 108 valence electrons. The SMILES string of the molecule is O=C(c1ccc(Nc2ccc(Cl)cc2)cn1)N1CCCC1. The molecule has 1 fully saturated rings. The molecule has 1 N–H and O–H groups in total. The molecule has 5 heteroatoms. The average Bonchev–Trinajstić information content (AvgIpc) is 3.04. The normalized spacial score (nSPS) is 14.2. The summed E-state index contributed by atoms with van der Waals surface area (Å²) in [5.74, 6) is 0.0190. The van der Waals surface area contributed by atoms with Crippen molar-refractivity contribution in [3.63, 3.8) is 0 Å². The fourth-order valence-electron chi connectivity index (χ4n) is 2.38. The number of nitrogens with zero attached hydrogens (tertiary/aromatic N) is 2. The Hall–Kier alpha value is -2.07. The summed E-state index contributed by atoms with van der Waals surface area (Å²) < 4.78 is 0. The number of rotatable bonds is 3. The van der Waals surface area contributed by atoms with Gasteiger partial charge in [-0.3, -0.25) is 4.79 Å². The van der Waals surface area contributed by atoms with E-state index in [0.717, 1.165) is 37.3 Å². The lowest BCUT2D eigenvalue weighted by Crippen LogP contribution is -2.28. The number of amides is 1. The molecule has 0 aliphatic carbocycles.